The number of carbonyl (C=O) groups excluding carboxylic acids is 1. The molecule has 0 aliphatic heterocycles. The lowest BCUT2D eigenvalue weighted by Crippen LogP contribution is -2.51. The summed E-state index contributed by atoms with van der Waals surface area (Å²) in [4.78, 5) is 30.7. The number of fused-ring (bicyclic) bond motifs is 1. The molecule has 2 fully saturated rings. The molecule has 192 valence electrons. The second-order valence-corrected chi connectivity index (χ2v) is 9.43. The molecule has 3 N–H and O–H groups in total. The molecule has 11 nitrogen and oxygen atoms in total. The van der Waals surface area contributed by atoms with Gasteiger partial charge in [0.2, 0.25) is 0 Å². The van der Waals surface area contributed by atoms with Gasteiger partial charge in [0.1, 0.15) is 5.69 Å². The van der Waals surface area contributed by atoms with E-state index in [2.05, 4.69) is 26.0 Å². The summed E-state index contributed by atoms with van der Waals surface area (Å²) in [6.45, 7) is 0. The van der Waals surface area contributed by atoms with E-state index in [1.165, 1.54) is 10.7 Å². The number of anilines is 3. The Labute approximate surface area is 209 Å². The van der Waals surface area contributed by atoms with E-state index < -0.39 is 0 Å². The number of carbonyl (C=O) groups is 1. The van der Waals surface area contributed by atoms with Gasteiger partial charge in [0.05, 0.1) is 30.1 Å². The van der Waals surface area contributed by atoms with Gasteiger partial charge in [-0.15, -0.1) is 5.10 Å². The number of amides is 1. The second-order valence-electron chi connectivity index (χ2n) is 9.43. The normalized spacial score (nSPS) is 23.8. The van der Waals surface area contributed by atoms with E-state index in [0.29, 0.717) is 28.5 Å². The fraction of sp³-hybridized carbons (Fsp3) is 0.520. The SMILES string of the molecule is CNc1cc(Nc2cccn([C@H]3CC[C@H](OC)CC3)c2=O)nn2c(C(=O)N[C@H]3CC[C@@H]3OC)cnc12. The monoisotopic (exact) mass is 495 g/mol. The number of rotatable bonds is 8. The average molecular weight is 496 g/mol. The maximum atomic E-state index is 13.3. The van der Waals surface area contributed by atoms with Crippen molar-refractivity contribution in [1.82, 2.24) is 24.5 Å². The molecule has 2 atom stereocenters. The number of nitrogens with zero attached hydrogens (tertiary/aromatic N) is 4. The minimum atomic E-state index is -0.269. The van der Waals surface area contributed by atoms with Crippen molar-refractivity contribution >= 4 is 28.7 Å². The standard InChI is InChI=1S/C25H33N7O4/c1-26-19-13-22(28-18-5-4-12-31(25(18)34)15-6-8-16(35-2)9-7-15)30-32-20(14-27-23(19)32)24(33)29-17-10-11-21(17)36-3/h4-5,12-17,21,26H,6-11H2,1-3H3,(H,28,30)(H,29,33)/t15-,16-,17-,21-/m0/s1. The number of hydrogen-bond donors (Lipinski definition) is 3. The first kappa shape index (κ1) is 24.3. The molecule has 1 amide bonds. The third-order valence-corrected chi connectivity index (χ3v) is 7.41. The summed E-state index contributed by atoms with van der Waals surface area (Å²) in [6, 6.07) is 5.50. The Kier molecular flexibility index (Phi) is 6.92. The molecule has 0 saturated heterocycles. The molecule has 5 rings (SSSR count). The van der Waals surface area contributed by atoms with E-state index in [1.54, 1.807) is 38.0 Å². The van der Waals surface area contributed by atoms with Crippen molar-refractivity contribution < 1.29 is 14.3 Å². The summed E-state index contributed by atoms with van der Waals surface area (Å²) in [6.07, 6.45) is 9.10. The Hall–Kier alpha value is -3.44. The molecule has 2 aliphatic rings. The van der Waals surface area contributed by atoms with E-state index in [9.17, 15) is 9.59 Å². The van der Waals surface area contributed by atoms with Crippen LogP contribution >= 0.6 is 0 Å². The highest BCUT2D eigenvalue weighted by Crippen LogP contribution is 2.29. The molecule has 2 saturated carbocycles. The van der Waals surface area contributed by atoms with Crippen LogP contribution in [-0.4, -0.2) is 64.6 Å². The second kappa shape index (κ2) is 10.3. The van der Waals surface area contributed by atoms with Crippen LogP contribution < -0.4 is 21.5 Å². The maximum Gasteiger partial charge on any atom is 0.274 e. The first-order chi connectivity index (χ1) is 17.5. The van der Waals surface area contributed by atoms with Gasteiger partial charge >= 0.3 is 0 Å². The van der Waals surface area contributed by atoms with Crippen molar-refractivity contribution in [1.29, 1.82) is 0 Å². The zero-order chi connectivity index (χ0) is 25.2. The molecule has 36 heavy (non-hydrogen) atoms. The predicted octanol–water partition coefficient (Wildman–Crippen LogP) is 2.71. The Bertz CT molecular complexity index is 1290. The molecule has 0 aromatic carbocycles. The summed E-state index contributed by atoms with van der Waals surface area (Å²) in [5.74, 6) is 0.157. The van der Waals surface area contributed by atoms with Crippen LogP contribution in [0.4, 0.5) is 17.2 Å². The number of methoxy groups -OCH3 is 2. The number of nitrogens with one attached hydrogen (secondary N) is 3. The van der Waals surface area contributed by atoms with Gasteiger partial charge in [-0.1, -0.05) is 0 Å². The van der Waals surface area contributed by atoms with Gasteiger partial charge in [0.25, 0.3) is 11.5 Å². The molecular formula is C25H33N7O4. The van der Waals surface area contributed by atoms with Gasteiger partial charge in [0, 0.05) is 39.6 Å². The zero-order valence-corrected chi connectivity index (χ0v) is 20.9. The molecule has 3 aromatic rings. The number of hydrogen-bond acceptors (Lipinski definition) is 8. The van der Waals surface area contributed by atoms with Crippen molar-refractivity contribution in [3.05, 3.63) is 46.6 Å². The smallest absolute Gasteiger partial charge is 0.274 e. The van der Waals surface area contributed by atoms with E-state index in [-0.39, 0.29) is 35.8 Å². The minimum Gasteiger partial charge on any atom is -0.385 e. The van der Waals surface area contributed by atoms with Crippen LogP contribution in [0, 0.1) is 0 Å². The highest BCUT2D eigenvalue weighted by molar-refractivity contribution is 5.94. The highest BCUT2D eigenvalue weighted by Gasteiger charge is 2.33. The molecule has 0 radical (unpaired) electrons. The summed E-state index contributed by atoms with van der Waals surface area (Å²) in [7, 11) is 5.17. The van der Waals surface area contributed by atoms with Gasteiger partial charge in [0.15, 0.2) is 17.2 Å². The Morgan fingerprint density at radius 1 is 1.08 bits per heavy atom. The lowest BCUT2D eigenvalue weighted by atomic mass is 9.89. The summed E-state index contributed by atoms with van der Waals surface area (Å²) >= 11 is 0. The quantitative estimate of drug-likeness (QED) is 0.436. The van der Waals surface area contributed by atoms with Crippen molar-refractivity contribution in [3.8, 4) is 0 Å². The fourth-order valence-electron chi connectivity index (χ4n) is 5.12. The van der Waals surface area contributed by atoms with Gasteiger partial charge in [-0.05, 0) is 50.7 Å². The largest absolute Gasteiger partial charge is 0.385 e. The molecule has 11 heteroatoms. The zero-order valence-electron chi connectivity index (χ0n) is 20.9. The van der Waals surface area contributed by atoms with E-state index in [4.69, 9.17) is 9.47 Å². The van der Waals surface area contributed by atoms with E-state index in [1.807, 2.05) is 12.3 Å². The fourth-order valence-corrected chi connectivity index (χ4v) is 5.12. The first-order valence-corrected chi connectivity index (χ1v) is 12.4. The molecular weight excluding hydrogens is 462 g/mol. The lowest BCUT2D eigenvalue weighted by Gasteiger charge is -2.35. The lowest BCUT2D eigenvalue weighted by molar-refractivity contribution is 0.00718. The third-order valence-electron chi connectivity index (χ3n) is 7.41. The molecule has 0 unspecified atom stereocenters. The Balaban J connectivity index is 1.41. The number of imidazole rings is 1. The van der Waals surface area contributed by atoms with Gasteiger partial charge in [-0.3, -0.25) is 9.59 Å². The summed E-state index contributed by atoms with van der Waals surface area (Å²) < 4.78 is 14.2. The Morgan fingerprint density at radius 3 is 2.56 bits per heavy atom. The topological polar surface area (TPSA) is 124 Å². The number of aromatic nitrogens is 4. The average Bonchev–Trinajstić information content (AvgIpc) is 3.32. The minimum absolute atomic E-state index is 0.0241. The Morgan fingerprint density at radius 2 is 1.89 bits per heavy atom. The van der Waals surface area contributed by atoms with Crippen LogP contribution in [0.25, 0.3) is 5.65 Å². The molecule has 0 bridgehead atoms. The molecule has 2 aliphatic carbocycles. The summed E-state index contributed by atoms with van der Waals surface area (Å²) in [5, 5.41) is 13.9. The van der Waals surface area contributed by atoms with E-state index >= 15 is 0 Å². The van der Waals surface area contributed by atoms with Crippen LogP contribution in [0.15, 0.2) is 35.4 Å². The highest BCUT2D eigenvalue weighted by atomic mass is 16.5. The predicted molar refractivity (Wildman–Crippen MR) is 136 cm³/mol. The first-order valence-electron chi connectivity index (χ1n) is 12.4. The van der Waals surface area contributed by atoms with Crippen molar-refractivity contribution in [2.45, 2.75) is 62.8 Å². The van der Waals surface area contributed by atoms with Gasteiger partial charge in [-0.25, -0.2) is 9.50 Å². The summed E-state index contributed by atoms with van der Waals surface area (Å²) in [5.41, 5.74) is 1.83. The third kappa shape index (κ3) is 4.56. The maximum absolute atomic E-state index is 13.3. The molecule has 0 spiro atoms. The molecule has 3 aromatic heterocycles. The van der Waals surface area contributed by atoms with Gasteiger partial charge in [-0.2, -0.15) is 0 Å². The van der Waals surface area contributed by atoms with Crippen molar-refractivity contribution in [2.24, 2.45) is 0 Å². The molecule has 3 heterocycles. The van der Waals surface area contributed by atoms with Crippen LogP contribution in [0.2, 0.25) is 0 Å². The van der Waals surface area contributed by atoms with Crippen molar-refractivity contribution in [2.75, 3.05) is 31.9 Å². The van der Waals surface area contributed by atoms with Crippen LogP contribution in [0.3, 0.4) is 0 Å². The number of pyridine rings is 1. The van der Waals surface area contributed by atoms with Crippen molar-refractivity contribution in [3.63, 3.8) is 0 Å². The van der Waals surface area contributed by atoms with E-state index in [0.717, 1.165) is 38.5 Å². The van der Waals surface area contributed by atoms with Crippen LogP contribution in [-0.2, 0) is 9.47 Å². The van der Waals surface area contributed by atoms with Gasteiger partial charge < -0.3 is 30.0 Å². The van der Waals surface area contributed by atoms with Crippen LogP contribution in [0.5, 0.6) is 0 Å². The number of ether oxygens (including phenoxy) is 2. The van der Waals surface area contributed by atoms with Crippen LogP contribution in [0.1, 0.15) is 55.1 Å².